The van der Waals surface area contributed by atoms with Crippen molar-refractivity contribution in [2.45, 2.75) is 12.5 Å². The molecule has 0 saturated heterocycles. The molecule has 0 aromatic heterocycles. The van der Waals surface area contributed by atoms with Crippen molar-refractivity contribution in [1.29, 1.82) is 0 Å². The summed E-state index contributed by atoms with van der Waals surface area (Å²) < 4.78 is 5.61. The fourth-order valence-corrected chi connectivity index (χ4v) is 3.50. The summed E-state index contributed by atoms with van der Waals surface area (Å²) >= 11 is 6.43. The summed E-state index contributed by atoms with van der Waals surface area (Å²) in [5, 5.41) is 3.53. The van der Waals surface area contributed by atoms with Crippen LogP contribution in [0.1, 0.15) is 18.1 Å². The molecule has 1 heterocycles. The molecule has 0 fully saturated rings. The predicted molar refractivity (Wildman–Crippen MR) is 92.2 cm³/mol. The molecule has 3 rings (SSSR count). The molecule has 1 aliphatic heterocycles. The first-order valence-electron chi connectivity index (χ1n) is 7.53. The lowest BCUT2D eigenvalue weighted by Crippen LogP contribution is -2.48. The van der Waals surface area contributed by atoms with Crippen LogP contribution in [0.25, 0.3) is 0 Å². The molecule has 2 aromatic rings. The van der Waals surface area contributed by atoms with Gasteiger partial charge in [-0.15, -0.1) is 0 Å². The maximum atomic E-state index is 13.0. The molecular formula is C18H19ClN2O2. The van der Waals surface area contributed by atoms with Crippen molar-refractivity contribution < 1.29 is 9.53 Å². The molecule has 4 nitrogen and oxygen atoms in total. The summed E-state index contributed by atoms with van der Waals surface area (Å²) in [5.41, 5.74) is 1.43. The van der Waals surface area contributed by atoms with E-state index in [4.69, 9.17) is 16.3 Å². The van der Waals surface area contributed by atoms with Crippen molar-refractivity contribution in [2.24, 2.45) is 0 Å². The number of halogens is 1. The quantitative estimate of drug-likeness (QED) is 0.933. The number of benzene rings is 2. The number of nitrogens with one attached hydrogen (secondary N) is 1. The number of nitrogens with zero attached hydrogens (tertiary/aromatic N) is 1. The second-order valence-corrected chi connectivity index (χ2v) is 6.09. The number of rotatable bonds is 4. The third kappa shape index (κ3) is 2.30. The molecule has 1 aliphatic rings. The highest BCUT2D eigenvalue weighted by molar-refractivity contribution is 6.32. The van der Waals surface area contributed by atoms with E-state index in [9.17, 15) is 4.79 Å². The first-order valence-corrected chi connectivity index (χ1v) is 7.90. The molecule has 5 heteroatoms. The molecule has 1 unspecified atom stereocenters. The van der Waals surface area contributed by atoms with Gasteiger partial charge < -0.3 is 10.1 Å². The Morgan fingerprint density at radius 3 is 2.57 bits per heavy atom. The molecule has 1 atom stereocenters. The summed E-state index contributed by atoms with van der Waals surface area (Å²) in [5.74, 6) is 0.625. The number of amides is 1. The van der Waals surface area contributed by atoms with Crippen LogP contribution in [-0.2, 0) is 10.3 Å². The minimum atomic E-state index is -0.971. The van der Waals surface area contributed by atoms with E-state index in [1.165, 1.54) is 0 Å². The van der Waals surface area contributed by atoms with Crippen LogP contribution in [0, 0.1) is 0 Å². The fraction of sp³-hybridized carbons (Fsp3) is 0.278. The van der Waals surface area contributed by atoms with Gasteiger partial charge in [0, 0.05) is 21.8 Å². The van der Waals surface area contributed by atoms with Crippen molar-refractivity contribution in [3.63, 3.8) is 0 Å². The van der Waals surface area contributed by atoms with Gasteiger partial charge >= 0.3 is 0 Å². The number of carbonyl (C=O) groups excluding carboxylic acids is 1. The van der Waals surface area contributed by atoms with Crippen molar-refractivity contribution in [1.82, 2.24) is 4.90 Å². The van der Waals surface area contributed by atoms with E-state index >= 15 is 0 Å². The molecule has 23 heavy (non-hydrogen) atoms. The number of ether oxygens (including phenoxy) is 1. The highest BCUT2D eigenvalue weighted by Crippen LogP contribution is 2.47. The molecule has 0 spiro atoms. The lowest BCUT2D eigenvalue weighted by molar-refractivity contribution is -0.123. The standard InChI is InChI=1S/C18H19ClN2O2/c1-4-23-12-9-10-16-14(11-12)18(21(2)3,17(22)20-16)13-7-5-6-8-15(13)19/h5-11H,4H2,1-3H3,(H,20,22). The van der Waals surface area contributed by atoms with Gasteiger partial charge in [-0.05, 0) is 45.3 Å². The molecule has 1 amide bonds. The zero-order valence-corrected chi connectivity index (χ0v) is 14.1. The van der Waals surface area contributed by atoms with Crippen molar-refractivity contribution in [2.75, 3.05) is 26.0 Å². The summed E-state index contributed by atoms with van der Waals surface area (Å²) in [6, 6.07) is 13.1. The van der Waals surface area contributed by atoms with Crippen LogP contribution in [0.2, 0.25) is 5.02 Å². The lowest BCUT2D eigenvalue weighted by atomic mass is 9.82. The molecule has 120 valence electrons. The van der Waals surface area contributed by atoms with Crippen LogP contribution in [0.15, 0.2) is 42.5 Å². The first kappa shape index (κ1) is 15.8. The summed E-state index contributed by atoms with van der Waals surface area (Å²) in [6.45, 7) is 2.51. The maximum Gasteiger partial charge on any atom is 0.254 e. The van der Waals surface area contributed by atoms with E-state index < -0.39 is 5.54 Å². The van der Waals surface area contributed by atoms with Gasteiger partial charge in [0.2, 0.25) is 0 Å². The molecule has 2 aromatic carbocycles. The van der Waals surface area contributed by atoms with Crippen LogP contribution in [-0.4, -0.2) is 31.5 Å². The van der Waals surface area contributed by atoms with Crippen LogP contribution < -0.4 is 10.1 Å². The summed E-state index contributed by atoms with van der Waals surface area (Å²) in [7, 11) is 3.76. The highest BCUT2D eigenvalue weighted by Gasteiger charge is 2.51. The van der Waals surface area contributed by atoms with Gasteiger partial charge in [0.25, 0.3) is 5.91 Å². The molecule has 0 radical (unpaired) electrons. The second kappa shape index (κ2) is 5.87. The van der Waals surface area contributed by atoms with E-state index in [1.54, 1.807) is 6.07 Å². The monoisotopic (exact) mass is 330 g/mol. The van der Waals surface area contributed by atoms with Gasteiger partial charge in [0.05, 0.1) is 6.61 Å². The number of hydrogen-bond acceptors (Lipinski definition) is 3. The van der Waals surface area contributed by atoms with Crippen LogP contribution >= 0.6 is 11.6 Å². The number of carbonyl (C=O) groups is 1. The SMILES string of the molecule is CCOc1ccc2c(c1)C(c1ccccc1Cl)(N(C)C)C(=O)N2. The number of likely N-dealkylation sites (N-methyl/N-ethyl adjacent to an activating group) is 1. The number of hydrogen-bond donors (Lipinski definition) is 1. The molecule has 0 bridgehead atoms. The Balaban J connectivity index is 2.29. The van der Waals surface area contributed by atoms with E-state index in [-0.39, 0.29) is 5.91 Å². The Labute approximate surface area is 141 Å². The number of anilines is 1. The Hall–Kier alpha value is -2.04. The van der Waals surface area contributed by atoms with E-state index in [0.29, 0.717) is 11.6 Å². The second-order valence-electron chi connectivity index (χ2n) is 5.68. The molecule has 0 aliphatic carbocycles. The van der Waals surface area contributed by atoms with Crippen molar-refractivity contribution in [3.05, 3.63) is 58.6 Å². The average Bonchev–Trinajstić information content (AvgIpc) is 2.81. The zero-order chi connectivity index (χ0) is 16.6. The van der Waals surface area contributed by atoms with Gasteiger partial charge in [0.15, 0.2) is 5.54 Å². The van der Waals surface area contributed by atoms with Gasteiger partial charge in [0.1, 0.15) is 5.75 Å². The van der Waals surface area contributed by atoms with Crippen molar-refractivity contribution >= 4 is 23.2 Å². The third-order valence-electron chi connectivity index (χ3n) is 4.20. The van der Waals surface area contributed by atoms with Crippen LogP contribution in [0.3, 0.4) is 0 Å². The Morgan fingerprint density at radius 2 is 1.91 bits per heavy atom. The number of fused-ring (bicyclic) bond motifs is 1. The minimum Gasteiger partial charge on any atom is -0.494 e. The Morgan fingerprint density at radius 1 is 1.17 bits per heavy atom. The van der Waals surface area contributed by atoms with Crippen LogP contribution in [0.5, 0.6) is 5.75 Å². The van der Waals surface area contributed by atoms with Gasteiger partial charge in [-0.1, -0.05) is 29.8 Å². The third-order valence-corrected chi connectivity index (χ3v) is 4.53. The fourth-order valence-electron chi connectivity index (χ4n) is 3.23. The molecule has 0 saturated carbocycles. The Bertz CT molecular complexity index is 760. The van der Waals surface area contributed by atoms with E-state index in [2.05, 4.69) is 5.32 Å². The van der Waals surface area contributed by atoms with E-state index in [1.807, 2.05) is 62.3 Å². The van der Waals surface area contributed by atoms with Gasteiger partial charge in [-0.25, -0.2) is 0 Å². The van der Waals surface area contributed by atoms with Crippen LogP contribution in [0.4, 0.5) is 5.69 Å². The minimum absolute atomic E-state index is 0.112. The predicted octanol–water partition coefficient (Wildman–Crippen LogP) is 3.50. The van der Waals surface area contributed by atoms with E-state index in [0.717, 1.165) is 22.6 Å². The lowest BCUT2D eigenvalue weighted by Gasteiger charge is -2.35. The topological polar surface area (TPSA) is 41.6 Å². The van der Waals surface area contributed by atoms with Gasteiger partial charge in [-0.3, -0.25) is 9.69 Å². The summed E-state index contributed by atoms with van der Waals surface area (Å²) in [4.78, 5) is 14.9. The molecular weight excluding hydrogens is 312 g/mol. The first-order chi connectivity index (χ1) is 11.0. The highest BCUT2D eigenvalue weighted by atomic mass is 35.5. The largest absolute Gasteiger partial charge is 0.494 e. The summed E-state index contributed by atoms with van der Waals surface area (Å²) in [6.07, 6.45) is 0. The normalized spacial score (nSPS) is 19.6. The zero-order valence-electron chi connectivity index (χ0n) is 13.4. The van der Waals surface area contributed by atoms with Gasteiger partial charge in [-0.2, -0.15) is 0 Å². The average molecular weight is 331 g/mol. The molecule has 1 N–H and O–H groups in total. The Kier molecular flexibility index (Phi) is 4.04. The smallest absolute Gasteiger partial charge is 0.254 e. The van der Waals surface area contributed by atoms with Crippen molar-refractivity contribution in [3.8, 4) is 5.75 Å². The maximum absolute atomic E-state index is 13.0.